The van der Waals surface area contributed by atoms with Crippen molar-refractivity contribution < 1.29 is 18.6 Å². The number of anilines is 1. The number of rotatable bonds is 8. The van der Waals surface area contributed by atoms with Gasteiger partial charge in [-0.2, -0.15) is 9.40 Å². The normalized spacial score (nSPS) is 12.2. The molecule has 0 aliphatic carbocycles. The lowest BCUT2D eigenvalue weighted by Gasteiger charge is -2.19. The molecule has 0 bridgehead atoms. The van der Waals surface area contributed by atoms with E-state index in [9.17, 15) is 8.42 Å². The molecule has 1 rings (SSSR count). The van der Waals surface area contributed by atoms with Crippen molar-refractivity contribution in [2.45, 2.75) is 24.8 Å². The third-order valence-corrected chi connectivity index (χ3v) is 4.44. The zero-order valence-corrected chi connectivity index (χ0v) is 11.7. The van der Waals surface area contributed by atoms with Crippen molar-refractivity contribution in [3.8, 4) is 0 Å². The minimum Gasteiger partial charge on any atom is -0.395 e. The summed E-state index contributed by atoms with van der Waals surface area (Å²) in [5.74, 6) is -0.0747. The van der Waals surface area contributed by atoms with Gasteiger partial charge in [0.1, 0.15) is 4.90 Å². The molecule has 4 N–H and O–H groups in total. The Bertz CT molecular complexity index is 494. The second-order valence-electron chi connectivity index (χ2n) is 3.99. The molecule has 0 aliphatic rings. The molecule has 19 heavy (non-hydrogen) atoms. The molecular formula is C10H20N4O4S. The molecule has 1 heterocycles. The molecule has 9 heteroatoms. The summed E-state index contributed by atoms with van der Waals surface area (Å²) >= 11 is 0. The fourth-order valence-corrected chi connectivity index (χ4v) is 3.16. The van der Waals surface area contributed by atoms with E-state index in [1.54, 1.807) is 0 Å². The van der Waals surface area contributed by atoms with E-state index >= 15 is 0 Å². The highest BCUT2D eigenvalue weighted by Gasteiger charge is 2.28. The highest BCUT2D eigenvalue weighted by Crippen LogP contribution is 2.21. The van der Waals surface area contributed by atoms with Gasteiger partial charge in [0.05, 0.1) is 13.2 Å². The molecule has 0 aromatic carbocycles. The Labute approximate surface area is 112 Å². The Balaban J connectivity index is 3.09. The van der Waals surface area contributed by atoms with Gasteiger partial charge in [-0.3, -0.25) is 4.68 Å². The Morgan fingerprint density at radius 2 is 1.95 bits per heavy atom. The molecule has 0 fully saturated rings. The van der Waals surface area contributed by atoms with Gasteiger partial charge in [-0.05, 0) is 6.42 Å². The minimum atomic E-state index is -3.85. The number of aliphatic hydroxyl groups is 2. The Kier molecular flexibility index (Phi) is 5.73. The Hall–Kier alpha value is -1.16. The highest BCUT2D eigenvalue weighted by atomic mass is 32.2. The van der Waals surface area contributed by atoms with Crippen LogP contribution in [0.25, 0.3) is 0 Å². The van der Waals surface area contributed by atoms with E-state index in [1.807, 2.05) is 6.92 Å². The summed E-state index contributed by atoms with van der Waals surface area (Å²) in [4.78, 5) is -0.0946. The Morgan fingerprint density at radius 1 is 1.37 bits per heavy atom. The fourth-order valence-electron chi connectivity index (χ4n) is 1.67. The van der Waals surface area contributed by atoms with Gasteiger partial charge in [0.2, 0.25) is 10.0 Å². The lowest BCUT2D eigenvalue weighted by atomic mass is 10.5. The molecule has 0 spiro atoms. The number of sulfonamides is 1. The van der Waals surface area contributed by atoms with E-state index in [1.165, 1.54) is 10.9 Å². The molecule has 0 saturated heterocycles. The van der Waals surface area contributed by atoms with Crippen LogP contribution < -0.4 is 5.73 Å². The van der Waals surface area contributed by atoms with Crippen molar-refractivity contribution in [1.29, 1.82) is 0 Å². The van der Waals surface area contributed by atoms with E-state index in [4.69, 9.17) is 15.9 Å². The first kappa shape index (κ1) is 15.9. The number of hydrogen-bond donors (Lipinski definition) is 3. The average Bonchev–Trinajstić information content (AvgIpc) is 2.71. The van der Waals surface area contributed by atoms with Gasteiger partial charge in [-0.15, -0.1) is 0 Å². The summed E-state index contributed by atoms with van der Waals surface area (Å²) in [5, 5.41) is 21.7. The number of nitrogens with two attached hydrogens (primary N) is 1. The summed E-state index contributed by atoms with van der Waals surface area (Å²) in [5.41, 5.74) is 5.63. The van der Waals surface area contributed by atoms with Crippen LogP contribution in [0.4, 0.5) is 5.82 Å². The van der Waals surface area contributed by atoms with E-state index in [2.05, 4.69) is 5.10 Å². The van der Waals surface area contributed by atoms with Gasteiger partial charge in [0.25, 0.3) is 0 Å². The van der Waals surface area contributed by atoms with E-state index in [0.29, 0.717) is 6.54 Å². The van der Waals surface area contributed by atoms with Crippen molar-refractivity contribution >= 4 is 15.8 Å². The smallest absolute Gasteiger partial charge is 0.248 e. The van der Waals surface area contributed by atoms with Crippen LogP contribution in [0.3, 0.4) is 0 Å². The van der Waals surface area contributed by atoms with Crippen molar-refractivity contribution in [1.82, 2.24) is 14.1 Å². The first-order valence-electron chi connectivity index (χ1n) is 6.02. The molecule has 8 nitrogen and oxygen atoms in total. The van der Waals surface area contributed by atoms with Crippen LogP contribution in [0.1, 0.15) is 13.3 Å². The number of nitrogens with zero attached hydrogens (tertiary/aromatic N) is 3. The topological polar surface area (TPSA) is 122 Å². The monoisotopic (exact) mass is 292 g/mol. The number of nitrogen functional groups attached to an aromatic ring is 1. The van der Waals surface area contributed by atoms with Crippen molar-refractivity contribution in [3.05, 3.63) is 6.20 Å². The lowest BCUT2D eigenvalue weighted by Crippen LogP contribution is -2.36. The van der Waals surface area contributed by atoms with Crippen molar-refractivity contribution in [3.63, 3.8) is 0 Å². The van der Waals surface area contributed by atoms with E-state index in [-0.39, 0.29) is 37.0 Å². The zero-order valence-electron chi connectivity index (χ0n) is 10.9. The second-order valence-corrected chi connectivity index (χ2v) is 5.90. The summed E-state index contributed by atoms with van der Waals surface area (Å²) in [7, 11) is -3.85. The number of aliphatic hydroxyl groups excluding tert-OH is 2. The Morgan fingerprint density at radius 3 is 2.42 bits per heavy atom. The van der Waals surface area contributed by atoms with Crippen molar-refractivity contribution in [2.24, 2.45) is 0 Å². The van der Waals surface area contributed by atoms with Gasteiger partial charge in [-0.25, -0.2) is 8.42 Å². The van der Waals surface area contributed by atoms with E-state index in [0.717, 1.165) is 10.7 Å². The quantitative estimate of drug-likeness (QED) is 0.556. The maximum Gasteiger partial charge on any atom is 0.248 e. The standard InChI is InChI=1S/C10H20N4O4S/c1-2-3-13-8-9(10(11)12-13)19(17,18)14(4-6-15)5-7-16/h8,15-16H,2-7H2,1H3,(H2,11,12). The summed E-state index contributed by atoms with van der Waals surface area (Å²) < 4.78 is 27.1. The van der Waals surface area contributed by atoms with Gasteiger partial charge >= 0.3 is 0 Å². The largest absolute Gasteiger partial charge is 0.395 e. The van der Waals surface area contributed by atoms with Gasteiger partial charge in [0, 0.05) is 25.8 Å². The molecule has 0 atom stereocenters. The van der Waals surface area contributed by atoms with Crippen LogP contribution in [0.15, 0.2) is 11.1 Å². The third-order valence-electron chi connectivity index (χ3n) is 2.52. The molecule has 0 amide bonds. The zero-order chi connectivity index (χ0) is 14.5. The maximum absolute atomic E-state index is 12.3. The molecule has 1 aromatic rings. The predicted molar refractivity (Wildman–Crippen MR) is 69.9 cm³/mol. The maximum atomic E-state index is 12.3. The van der Waals surface area contributed by atoms with Crippen LogP contribution >= 0.6 is 0 Å². The molecule has 110 valence electrons. The predicted octanol–water partition coefficient (Wildman–Crippen LogP) is -1.15. The number of aryl methyl sites for hydroxylation is 1. The van der Waals surface area contributed by atoms with Crippen LogP contribution in [0.2, 0.25) is 0 Å². The first-order chi connectivity index (χ1) is 8.97. The summed E-state index contributed by atoms with van der Waals surface area (Å²) in [6.07, 6.45) is 2.17. The number of hydrogen-bond acceptors (Lipinski definition) is 6. The molecule has 0 aliphatic heterocycles. The second kappa shape index (κ2) is 6.85. The van der Waals surface area contributed by atoms with Crippen LogP contribution in [-0.4, -0.2) is 59.0 Å². The van der Waals surface area contributed by atoms with Crippen molar-refractivity contribution in [2.75, 3.05) is 32.0 Å². The van der Waals surface area contributed by atoms with Gasteiger partial charge in [-0.1, -0.05) is 6.92 Å². The summed E-state index contributed by atoms with van der Waals surface area (Å²) in [6, 6.07) is 0. The SMILES string of the molecule is CCCn1cc(S(=O)(=O)N(CCO)CCO)c(N)n1. The average molecular weight is 292 g/mol. The minimum absolute atomic E-state index is 0.0747. The van der Waals surface area contributed by atoms with Crippen LogP contribution in [0, 0.1) is 0 Å². The molecular weight excluding hydrogens is 272 g/mol. The lowest BCUT2D eigenvalue weighted by molar-refractivity contribution is 0.217. The fraction of sp³-hybridized carbons (Fsp3) is 0.700. The number of aromatic nitrogens is 2. The molecule has 1 aromatic heterocycles. The molecule has 0 unspecified atom stereocenters. The van der Waals surface area contributed by atoms with Crippen LogP contribution in [-0.2, 0) is 16.6 Å². The summed E-state index contributed by atoms with van der Waals surface area (Å²) in [6.45, 7) is 1.66. The first-order valence-corrected chi connectivity index (χ1v) is 7.46. The van der Waals surface area contributed by atoms with Gasteiger partial charge in [0.15, 0.2) is 5.82 Å². The van der Waals surface area contributed by atoms with Crippen LogP contribution in [0.5, 0.6) is 0 Å². The van der Waals surface area contributed by atoms with E-state index < -0.39 is 10.0 Å². The van der Waals surface area contributed by atoms with Gasteiger partial charge < -0.3 is 15.9 Å². The third kappa shape index (κ3) is 3.66. The molecule has 0 radical (unpaired) electrons. The highest BCUT2D eigenvalue weighted by molar-refractivity contribution is 7.89. The molecule has 0 saturated carbocycles.